The van der Waals surface area contributed by atoms with Crippen molar-refractivity contribution in [1.82, 2.24) is 4.31 Å². The maximum Gasteiger partial charge on any atom is 0.312 e. The molecule has 0 bridgehead atoms. The zero-order valence-electron chi connectivity index (χ0n) is 14.7. The van der Waals surface area contributed by atoms with Crippen LogP contribution in [0.15, 0.2) is 47.4 Å². The minimum Gasteiger partial charge on any atom is -0.497 e. The highest BCUT2D eigenvalue weighted by atomic mass is 32.2. The number of nitrogens with zero attached hydrogens (tertiary/aromatic N) is 2. The normalized spacial score (nSPS) is 11.4. The molecule has 9 heteroatoms. The molecule has 2 aromatic rings. The Morgan fingerprint density at radius 3 is 2.12 bits per heavy atom. The van der Waals surface area contributed by atoms with Crippen molar-refractivity contribution in [2.24, 2.45) is 0 Å². The Bertz CT molecular complexity index is 877. The fourth-order valence-electron chi connectivity index (χ4n) is 2.37. The molecule has 0 amide bonds. The first kappa shape index (κ1) is 19.7. The summed E-state index contributed by atoms with van der Waals surface area (Å²) in [4.78, 5) is 10.6. The molecule has 0 fully saturated rings. The summed E-state index contributed by atoms with van der Waals surface area (Å²) in [5.41, 5.74) is -0.422. The van der Waals surface area contributed by atoms with E-state index in [2.05, 4.69) is 0 Å². The standard InChI is InChI=1S/C17H20N2O6S/c1-4-18(5-2)26(22,23)15-10-11-17(16(12-15)19(20)21)25-14-8-6-13(24-3)7-9-14/h6-12H,4-5H2,1-3H3. The summed E-state index contributed by atoms with van der Waals surface area (Å²) < 4.78 is 36.9. The van der Waals surface area contributed by atoms with Crippen molar-refractivity contribution in [3.05, 3.63) is 52.6 Å². The number of ether oxygens (including phenoxy) is 2. The Morgan fingerprint density at radius 1 is 1.04 bits per heavy atom. The number of sulfonamides is 1. The zero-order chi connectivity index (χ0) is 19.3. The van der Waals surface area contributed by atoms with Crippen LogP contribution in [0.3, 0.4) is 0 Å². The van der Waals surface area contributed by atoms with E-state index in [9.17, 15) is 18.5 Å². The lowest BCUT2D eigenvalue weighted by Crippen LogP contribution is -2.30. The van der Waals surface area contributed by atoms with Gasteiger partial charge in [-0.05, 0) is 36.4 Å². The maximum absolute atomic E-state index is 12.6. The summed E-state index contributed by atoms with van der Waals surface area (Å²) in [5, 5.41) is 11.4. The van der Waals surface area contributed by atoms with Gasteiger partial charge in [0.1, 0.15) is 11.5 Å². The lowest BCUT2D eigenvalue weighted by molar-refractivity contribution is -0.385. The molecule has 140 valence electrons. The average Bonchev–Trinajstić information content (AvgIpc) is 2.63. The minimum atomic E-state index is -3.80. The predicted molar refractivity (Wildman–Crippen MR) is 96.3 cm³/mol. The number of hydrogen-bond acceptors (Lipinski definition) is 6. The Labute approximate surface area is 152 Å². The van der Waals surface area contributed by atoms with Crippen molar-refractivity contribution in [1.29, 1.82) is 0 Å². The van der Waals surface area contributed by atoms with Crippen LogP contribution >= 0.6 is 0 Å². The molecule has 0 radical (unpaired) electrons. The van der Waals surface area contributed by atoms with Crippen molar-refractivity contribution in [3.63, 3.8) is 0 Å². The molecule has 0 spiro atoms. The highest BCUT2D eigenvalue weighted by Gasteiger charge is 2.26. The fraction of sp³-hybridized carbons (Fsp3) is 0.294. The van der Waals surface area contributed by atoms with Crippen molar-refractivity contribution in [2.45, 2.75) is 18.7 Å². The highest BCUT2D eigenvalue weighted by Crippen LogP contribution is 2.34. The molecule has 0 aliphatic heterocycles. The first-order valence-corrected chi connectivity index (χ1v) is 9.38. The van der Waals surface area contributed by atoms with Gasteiger partial charge in [0, 0.05) is 19.2 Å². The van der Waals surface area contributed by atoms with Crippen LogP contribution in [0.5, 0.6) is 17.2 Å². The molecule has 0 heterocycles. The monoisotopic (exact) mass is 380 g/mol. The molecule has 26 heavy (non-hydrogen) atoms. The largest absolute Gasteiger partial charge is 0.497 e. The second kappa shape index (κ2) is 8.15. The molecule has 0 saturated heterocycles. The van der Waals surface area contributed by atoms with E-state index in [1.807, 2.05) is 0 Å². The van der Waals surface area contributed by atoms with Crippen LogP contribution in [0, 0.1) is 10.1 Å². The first-order chi connectivity index (χ1) is 12.3. The van der Waals surface area contributed by atoms with Crippen LogP contribution in [0.4, 0.5) is 5.69 Å². The third-order valence-electron chi connectivity index (χ3n) is 3.76. The number of rotatable bonds is 8. The molecular formula is C17H20N2O6S. The van der Waals surface area contributed by atoms with Gasteiger partial charge in [0.2, 0.25) is 15.8 Å². The Kier molecular flexibility index (Phi) is 6.17. The third kappa shape index (κ3) is 4.12. The molecule has 0 aliphatic carbocycles. The number of nitro benzene ring substituents is 1. The zero-order valence-corrected chi connectivity index (χ0v) is 15.5. The average molecular weight is 380 g/mol. The van der Waals surface area contributed by atoms with Gasteiger partial charge in [-0.3, -0.25) is 10.1 Å². The third-order valence-corrected chi connectivity index (χ3v) is 5.80. The second-order valence-corrected chi connectivity index (χ2v) is 7.19. The van der Waals surface area contributed by atoms with Gasteiger partial charge in [0.15, 0.2) is 0 Å². The van der Waals surface area contributed by atoms with E-state index in [0.29, 0.717) is 11.5 Å². The predicted octanol–water partition coefficient (Wildman–Crippen LogP) is 3.43. The van der Waals surface area contributed by atoms with Crippen LogP contribution in [-0.4, -0.2) is 37.8 Å². The summed E-state index contributed by atoms with van der Waals surface area (Å²) in [6.45, 7) is 3.96. The van der Waals surface area contributed by atoms with Gasteiger partial charge in [-0.15, -0.1) is 0 Å². The summed E-state index contributed by atoms with van der Waals surface area (Å²) in [7, 11) is -2.28. The van der Waals surface area contributed by atoms with Crippen LogP contribution in [0.2, 0.25) is 0 Å². The lowest BCUT2D eigenvalue weighted by atomic mass is 10.3. The molecular weight excluding hydrogens is 360 g/mol. The van der Waals surface area contributed by atoms with Gasteiger partial charge in [-0.2, -0.15) is 4.31 Å². The van der Waals surface area contributed by atoms with Crippen LogP contribution in [0.25, 0.3) is 0 Å². The molecule has 0 aromatic heterocycles. The topological polar surface area (TPSA) is 99.0 Å². The molecule has 0 saturated carbocycles. The van der Waals surface area contributed by atoms with E-state index >= 15 is 0 Å². The van der Waals surface area contributed by atoms with E-state index in [-0.39, 0.29) is 23.7 Å². The van der Waals surface area contributed by atoms with Crippen molar-refractivity contribution in [2.75, 3.05) is 20.2 Å². The van der Waals surface area contributed by atoms with E-state index in [0.717, 1.165) is 6.07 Å². The van der Waals surface area contributed by atoms with Crippen LogP contribution in [0.1, 0.15) is 13.8 Å². The molecule has 0 unspecified atom stereocenters. The SMILES string of the molecule is CCN(CC)S(=O)(=O)c1ccc(Oc2ccc(OC)cc2)c([N+](=O)[O-])c1. The molecule has 8 nitrogen and oxygen atoms in total. The lowest BCUT2D eigenvalue weighted by Gasteiger charge is -2.18. The van der Waals surface area contributed by atoms with Gasteiger partial charge in [-0.25, -0.2) is 8.42 Å². The van der Waals surface area contributed by atoms with Gasteiger partial charge in [0.25, 0.3) is 0 Å². The second-order valence-electron chi connectivity index (χ2n) is 5.25. The molecule has 2 aromatic carbocycles. The van der Waals surface area contributed by atoms with Crippen molar-refractivity contribution < 1.29 is 22.8 Å². The summed E-state index contributed by atoms with van der Waals surface area (Å²) in [5.74, 6) is 0.944. The van der Waals surface area contributed by atoms with Gasteiger partial charge >= 0.3 is 5.69 Å². The first-order valence-electron chi connectivity index (χ1n) is 7.94. The number of benzene rings is 2. The molecule has 0 atom stereocenters. The van der Waals surface area contributed by atoms with Crippen molar-refractivity contribution in [3.8, 4) is 17.2 Å². The van der Waals surface area contributed by atoms with Gasteiger partial charge < -0.3 is 9.47 Å². The maximum atomic E-state index is 12.6. The summed E-state index contributed by atoms with van der Waals surface area (Å²) in [6, 6.07) is 10.1. The summed E-state index contributed by atoms with van der Waals surface area (Å²) >= 11 is 0. The minimum absolute atomic E-state index is 0.0429. The van der Waals surface area contributed by atoms with Crippen LogP contribution in [-0.2, 0) is 10.0 Å². The van der Waals surface area contributed by atoms with Gasteiger partial charge in [-0.1, -0.05) is 13.8 Å². The van der Waals surface area contributed by atoms with E-state index < -0.39 is 20.6 Å². The van der Waals surface area contributed by atoms with E-state index in [1.165, 1.54) is 23.5 Å². The fourth-order valence-corrected chi connectivity index (χ4v) is 3.85. The highest BCUT2D eigenvalue weighted by molar-refractivity contribution is 7.89. The van der Waals surface area contributed by atoms with Crippen LogP contribution < -0.4 is 9.47 Å². The van der Waals surface area contributed by atoms with Crippen molar-refractivity contribution >= 4 is 15.7 Å². The Balaban J connectivity index is 2.41. The molecule has 0 N–H and O–H groups in total. The smallest absolute Gasteiger partial charge is 0.312 e. The van der Waals surface area contributed by atoms with Gasteiger partial charge in [0.05, 0.1) is 16.9 Å². The molecule has 0 aliphatic rings. The molecule has 2 rings (SSSR count). The summed E-state index contributed by atoms with van der Waals surface area (Å²) in [6.07, 6.45) is 0. The Morgan fingerprint density at radius 2 is 1.62 bits per heavy atom. The number of nitro groups is 1. The number of hydrogen-bond donors (Lipinski definition) is 0. The quantitative estimate of drug-likeness (QED) is 0.514. The van der Waals surface area contributed by atoms with E-state index in [4.69, 9.17) is 9.47 Å². The Hall–Kier alpha value is -2.65. The van der Waals surface area contributed by atoms with E-state index in [1.54, 1.807) is 38.1 Å². The number of methoxy groups -OCH3 is 1.